The van der Waals surface area contributed by atoms with Crippen LogP contribution in [0.1, 0.15) is 69.2 Å². The number of hydrogen-bond acceptors (Lipinski definition) is 10. The lowest BCUT2D eigenvalue weighted by molar-refractivity contribution is 0.0158. The molecule has 4 heterocycles. The molecule has 12 heteroatoms. The summed E-state index contributed by atoms with van der Waals surface area (Å²) in [5.74, 6) is 0.403. The van der Waals surface area contributed by atoms with E-state index in [4.69, 9.17) is 20.4 Å². The Hall–Kier alpha value is -3.64. The maximum atomic E-state index is 12.8. The Morgan fingerprint density at radius 3 is 2.28 bits per heavy atom. The van der Waals surface area contributed by atoms with Crippen molar-refractivity contribution in [2.45, 2.75) is 78.5 Å². The zero-order chi connectivity index (χ0) is 33.2. The number of nitrogens with two attached hydrogens (primary N) is 1. The Kier molecular flexibility index (Phi) is 10.3. The minimum atomic E-state index is -0.629. The largest absolute Gasteiger partial charge is 0.444 e. The Labute approximate surface area is 274 Å². The highest BCUT2D eigenvalue weighted by Gasteiger charge is 2.33. The summed E-state index contributed by atoms with van der Waals surface area (Å²) >= 11 is 0. The number of carbonyl (C=O) groups is 2. The van der Waals surface area contributed by atoms with Gasteiger partial charge in [0.05, 0.1) is 5.69 Å². The lowest BCUT2D eigenvalue weighted by atomic mass is 10.0. The van der Waals surface area contributed by atoms with Gasteiger partial charge in [0.1, 0.15) is 5.60 Å². The first-order valence-corrected chi connectivity index (χ1v) is 16.8. The fourth-order valence-corrected chi connectivity index (χ4v) is 6.84. The van der Waals surface area contributed by atoms with Crippen molar-refractivity contribution in [1.29, 1.82) is 0 Å². The molecule has 1 atom stereocenters. The highest BCUT2D eigenvalue weighted by Crippen LogP contribution is 2.31. The molecule has 0 unspecified atom stereocenters. The van der Waals surface area contributed by atoms with Gasteiger partial charge in [-0.15, -0.1) is 0 Å². The molecule has 0 bridgehead atoms. The molecule has 3 saturated heterocycles. The van der Waals surface area contributed by atoms with Crippen LogP contribution in [0.15, 0.2) is 18.2 Å². The number of aryl methyl sites for hydroxylation is 2. The summed E-state index contributed by atoms with van der Waals surface area (Å²) in [5.41, 5.74) is 9.28. The van der Waals surface area contributed by atoms with E-state index in [9.17, 15) is 9.59 Å². The van der Waals surface area contributed by atoms with Crippen LogP contribution in [0.5, 0.6) is 0 Å². The Bertz CT molecular complexity index is 1390. The van der Waals surface area contributed by atoms with Crippen LogP contribution in [0.25, 0.3) is 0 Å². The summed E-state index contributed by atoms with van der Waals surface area (Å²) in [6.07, 6.45) is 2.63. The van der Waals surface area contributed by atoms with Gasteiger partial charge in [-0.1, -0.05) is 6.92 Å². The summed E-state index contributed by atoms with van der Waals surface area (Å²) in [7, 11) is 2.21. The number of likely N-dealkylation sites (N-methyl/N-ethyl adjacent to an activating group) is 1. The van der Waals surface area contributed by atoms with Crippen molar-refractivity contribution in [2.24, 2.45) is 5.73 Å². The molecule has 46 heavy (non-hydrogen) atoms. The highest BCUT2D eigenvalue weighted by molar-refractivity contribution is 5.96. The SMILES string of the molecule is CCc1nc(C(N)=O)c(Nc2ccc(N3CCC(N4CCN(C)CC4)CC3)c(C)c2)nc1N1CCN(C(=O)OC(C)(C)C)[C@H](C)C1. The van der Waals surface area contributed by atoms with Crippen molar-refractivity contribution >= 4 is 35.0 Å². The molecule has 0 aliphatic carbocycles. The number of ether oxygens (including phenoxy) is 1. The maximum Gasteiger partial charge on any atom is 0.410 e. The number of rotatable bonds is 7. The molecule has 3 fully saturated rings. The molecular weight excluding hydrogens is 582 g/mol. The summed E-state index contributed by atoms with van der Waals surface area (Å²) in [6, 6.07) is 6.87. The fourth-order valence-electron chi connectivity index (χ4n) is 6.84. The van der Waals surface area contributed by atoms with Crippen molar-refractivity contribution in [3.05, 3.63) is 35.2 Å². The molecule has 0 spiro atoms. The van der Waals surface area contributed by atoms with Crippen LogP contribution >= 0.6 is 0 Å². The van der Waals surface area contributed by atoms with Crippen LogP contribution in [0, 0.1) is 6.92 Å². The number of piperazine rings is 2. The van der Waals surface area contributed by atoms with Gasteiger partial charge in [-0.2, -0.15) is 0 Å². The minimum Gasteiger partial charge on any atom is -0.444 e. The van der Waals surface area contributed by atoms with Crippen molar-refractivity contribution in [3.63, 3.8) is 0 Å². The maximum absolute atomic E-state index is 12.8. The Balaban J connectivity index is 1.29. The van der Waals surface area contributed by atoms with Crippen LogP contribution in [-0.4, -0.2) is 120 Å². The average molecular weight is 636 g/mol. The smallest absolute Gasteiger partial charge is 0.410 e. The second kappa shape index (κ2) is 14.0. The number of nitrogens with one attached hydrogen (secondary N) is 1. The normalized spacial score (nSPS) is 20.6. The van der Waals surface area contributed by atoms with E-state index in [0.29, 0.717) is 49.4 Å². The fraction of sp³-hybridized carbons (Fsp3) is 0.647. The van der Waals surface area contributed by atoms with E-state index in [1.807, 2.05) is 40.7 Å². The molecule has 12 nitrogen and oxygen atoms in total. The number of amides is 2. The van der Waals surface area contributed by atoms with Gasteiger partial charge < -0.3 is 35.4 Å². The van der Waals surface area contributed by atoms with Crippen molar-refractivity contribution < 1.29 is 14.3 Å². The minimum absolute atomic E-state index is 0.0934. The molecule has 3 aliphatic heterocycles. The lowest BCUT2D eigenvalue weighted by Crippen LogP contribution is -2.55. The van der Waals surface area contributed by atoms with E-state index in [-0.39, 0.29) is 17.8 Å². The summed E-state index contributed by atoms with van der Waals surface area (Å²) in [4.78, 5) is 46.4. The van der Waals surface area contributed by atoms with E-state index in [1.54, 1.807) is 4.90 Å². The topological polar surface area (TPSA) is 123 Å². The van der Waals surface area contributed by atoms with Crippen LogP contribution in [0.2, 0.25) is 0 Å². The van der Waals surface area contributed by atoms with Crippen LogP contribution < -0.4 is 20.9 Å². The molecule has 2 amide bonds. The van der Waals surface area contributed by atoms with Crippen LogP contribution in [-0.2, 0) is 11.2 Å². The number of anilines is 4. The quantitative estimate of drug-likeness (QED) is 0.464. The average Bonchev–Trinajstić information content (AvgIpc) is 3.00. The molecule has 1 aromatic heterocycles. The summed E-state index contributed by atoms with van der Waals surface area (Å²) in [6.45, 7) is 20.1. The van der Waals surface area contributed by atoms with E-state index in [1.165, 1.54) is 31.6 Å². The molecule has 2 aromatic rings. The molecule has 0 radical (unpaired) electrons. The predicted octanol–water partition coefficient (Wildman–Crippen LogP) is 3.85. The third kappa shape index (κ3) is 7.83. The first kappa shape index (κ1) is 33.7. The van der Waals surface area contributed by atoms with E-state index in [0.717, 1.165) is 37.4 Å². The van der Waals surface area contributed by atoms with Crippen LogP contribution in [0.4, 0.5) is 27.8 Å². The number of nitrogens with zero attached hydrogens (tertiary/aromatic N) is 7. The van der Waals surface area contributed by atoms with E-state index < -0.39 is 11.5 Å². The van der Waals surface area contributed by atoms with Crippen LogP contribution in [0.3, 0.4) is 0 Å². The van der Waals surface area contributed by atoms with Crippen molar-refractivity contribution in [2.75, 3.05) is 81.1 Å². The number of primary amides is 1. The standard InChI is InChI=1S/C34H53N9O3/c1-8-27-32(42-19-20-43(24(3)22-42)33(45)46-34(4,5)6)38-31(29(37-27)30(35)44)36-25-9-10-28(23(2)21-25)41-13-11-26(12-14-41)40-17-15-39(7)16-18-40/h9-10,21,24,26H,8,11-20,22H2,1-7H3,(H2,35,44)(H,36,38)/t24-/m1/s1. The van der Waals surface area contributed by atoms with Crippen molar-refractivity contribution in [1.82, 2.24) is 24.7 Å². The van der Waals surface area contributed by atoms with Gasteiger partial charge in [-0.05, 0) is 84.7 Å². The van der Waals surface area contributed by atoms with Gasteiger partial charge in [-0.3, -0.25) is 9.69 Å². The number of carbonyl (C=O) groups excluding carboxylic acids is 2. The van der Waals surface area contributed by atoms with Gasteiger partial charge in [-0.25, -0.2) is 14.8 Å². The lowest BCUT2D eigenvalue weighted by Gasteiger charge is -2.43. The Morgan fingerprint density at radius 1 is 1.00 bits per heavy atom. The second-order valence-corrected chi connectivity index (χ2v) is 14.1. The number of hydrogen-bond donors (Lipinski definition) is 2. The van der Waals surface area contributed by atoms with Crippen molar-refractivity contribution in [3.8, 4) is 0 Å². The molecule has 3 N–H and O–H groups in total. The first-order valence-electron chi connectivity index (χ1n) is 16.8. The molecule has 252 valence electrons. The van der Waals surface area contributed by atoms with Gasteiger partial charge in [0.25, 0.3) is 5.91 Å². The van der Waals surface area contributed by atoms with Gasteiger partial charge in [0.15, 0.2) is 17.3 Å². The Morgan fingerprint density at radius 2 is 1.70 bits per heavy atom. The number of aromatic nitrogens is 2. The number of piperidine rings is 1. The van der Waals surface area contributed by atoms with Gasteiger partial charge in [0.2, 0.25) is 0 Å². The zero-order valence-corrected chi connectivity index (χ0v) is 28.8. The predicted molar refractivity (Wildman–Crippen MR) is 183 cm³/mol. The molecule has 5 rings (SSSR count). The monoisotopic (exact) mass is 635 g/mol. The van der Waals surface area contributed by atoms with Gasteiger partial charge in [0, 0.05) is 82.4 Å². The highest BCUT2D eigenvalue weighted by atomic mass is 16.6. The molecule has 1 aromatic carbocycles. The summed E-state index contributed by atoms with van der Waals surface area (Å²) < 4.78 is 5.62. The van der Waals surface area contributed by atoms with E-state index in [2.05, 4.69) is 51.0 Å². The third-order valence-corrected chi connectivity index (χ3v) is 9.39. The van der Waals surface area contributed by atoms with Gasteiger partial charge >= 0.3 is 6.09 Å². The summed E-state index contributed by atoms with van der Waals surface area (Å²) in [5, 5.41) is 3.36. The molecule has 3 aliphatic rings. The number of benzene rings is 1. The first-order chi connectivity index (χ1) is 21.8. The zero-order valence-electron chi connectivity index (χ0n) is 28.8. The molecular formula is C34H53N9O3. The third-order valence-electron chi connectivity index (χ3n) is 9.39. The second-order valence-electron chi connectivity index (χ2n) is 14.1. The molecule has 0 saturated carbocycles. The van der Waals surface area contributed by atoms with E-state index >= 15 is 0 Å².